The lowest BCUT2D eigenvalue weighted by molar-refractivity contribution is 0.281. The van der Waals surface area contributed by atoms with Crippen molar-refractivity contribution in [1.82, 2.24) is 0 Å². The molecular formula is C30H46OSi. The number of rotatable bonds is 9. The lowest BCUT2D eigenvalue weighted by Gasteiger charge is -2.35. The summed E-state index contributed by atoms with van der Waals surface area (Å²) >= 11 is 0. The third-order valence-electron chi connectivity index (χ3n) is 6.04. The van der Waals surface area contributed by atoms with Crippen molar-refractivity contribution in [2.45, 2.75) is 117 Å². The van der Waals surface area contributed by atoms with Crippen LogP contribution in [0, 0.1) is 35.5 Å². The van der Waals surface area contributed by atoms with Crippen LogP contribution in [0.3, 0.4) is 0 Å². The van der Waals surface area contributed by atoms with Crippen LogP contribution in [-0.2, 0) is 0 Å². The monoisotopic (exact) mass is 450 g/mol. The molecule has 0 aromatic heterocycles. The van der Waals surface area contributed by atoms with Gasteiger partial charge in [-0.2, -0.15) is 0 Å². The zero-order chi connectivity index (χ0) is 24.6. The van der Waals surface area contributed by atoms with Crippen molar-refractivity contribution in [3.8, 4) is 35.5 Å². The highest BCUT2D eigenvalue weighted by Gasteiger charge is 2.33. The van der Waals surface area contributed by atoms with Gasteiger partial charge in [-0.3, -0.25) is 0 Å². The summed E-state index contributed by atoms with van der Waals surface area (Å²) in [7, 11) is -1.43. The first-order valence-corrected chi connectivity index (χ1v) is 15.1. The molecular weight excluding hydrogens is 404 g/mol. The molecule has 0 aliphatic rings. The first-order valence-electron chi connectivity index (χ1n) is 12.0. The van der Waals surface area contributed by atoms with Gasteiger partial charge in [0.05, 0.1) is 8.07 Å². The van der Waals surface area contributed by atoms with Gasteiger partial charge in [-0.25, -0.2) is 0 Å². The Bertz CT molecular complexity index is 825. The summed E-state index contributed by atoms with van der Waals surface area (Å²) in [4.78, 5) is 0. The molecule has 0 aromatic rings. The normalized spacial score (nSPS) is 12.3. The van der Waals surface area contributed by atoms with E-state index in [1.54, 1.807) is 0 Å². The van der Waals surface area contributed by atoms with E-state index in [-0.39, 0.29) is 0 Å². The fraction of sp³-hybridized carbons (Fsp3) is 0.600. The fourth-order valence-electron chi connectivity index (χ4n) is 3.01. The summed E-state index contributed by atoms with van der Waals surface area (Å²) in [6.07, 6.45) is 8.21. The van der Waals surface area contributed by atoms with E-state index in [1.165, 1.54) is 22.8 Å². The third kappa shape index (κ3) is 13.5. The minimum Gasteiger partial charge on any atom is -0.377 e. The van der Waals surface area contributed by atoms with Crippen molar-refractivity contribution in [3.05, 3.63) is 35.1 Å². The van der Waals surface area contributed by atoms with Crippen LogP contribution in [0.1, 0.15) is 92.9 Å². The van der Waals surface area contributed by atoms with E-state index in [4.69, 9.17) is 0 Å². The van der Waals surface area contributed by atoms with Crippen molar-refractivity contribution in [3.63, 3.8) is 0 Å². The Morgan fingerprint density at radius 3 is 1.88 bits per heavy atom. The summed E-state index contributed by atoms with van der Waals surface area (Å²) in [5.41, 5.74) is 6.95. The maximum Gasteiger partial charge on any atom is 0.133 e. The molecule has 0 saturated carbocycles. The van der Waals surface area contributed by atoms with Crippen LogP contribution >= 0.6 is 0 Å². The van der Waals surface area contributed by atoms with Gasteiger partial charge in [0, 0.05) is 32.1 Å². The van der Waals surface area contributed by atoms with Gasteiger partial charge in [-0.1, -0.05) is 75.2 Å². The van der Waals surface area contributed by atoms with Gasteiger partial charge in [0.25, 0.3) is 0 Å². The Kier molecular flexibility index (Phi) is 14.9. The average Bonchev–Trinajstić information content (AvgIpc) is 2.68. The van der Waals surface area contributed by atoms with Gasteiger partial charge in [-0.15, -0.1) is 23.7 Å². The molecule has 1 atom stereocenters. The first-order chi connectivity index (χ1) is 14.9. The predicted octanol–water partition coefficient (Wildman–Crippen LogP) is 7.99. The van der Waals surface area contributed by atoms with Gasteiger partial charge in [0.1, 0.15) is 6.10 Å². The van der Waals surface area contributed by atoms with Crippen LogP contribution in [0.2, 0.25) is 18.1 Å². The third-order valence-corrected chi connectivity index (χ3v) is 11.1. The quantitative estimate of drug-likeness (QED) is 0.124. The lowest BCUT2D eigenvalue weighted by atomic mass is 9.99. The van der Waals surface area contributed by atoms with E-state index in [2.05, 4.69) is 102 Å². The van der Waals surface area contributed by atoms with Gasteiger partial charge < -0.3 is 5.11 Å². The maximum absolute atomic E-state index is 9.24. The Balaban J connectivity index is 4.33. The maximum atomic E-state index is 9.24. The van der Waals surface area contributed by atoms with Crippen molar-refractivity contribution >= 4 is 8.07 Å². The van der Waals surface area contributed by atoms with Crippen molar-refractivity contribution < 1.29 is 5.11 Å². The molecule has 1 unspecified atom stereocenters. The van der Waals surface area contributed by atoms with Crippen molar-refractivity contribution in [1.29, 1.82) is 0 Å². The SMILES string of the molecule is C=CC(O)C#CCCC#CCCCCC#CCCC(=C(C)C)/C(C)=C/[Si](C)(C)C(C)(C)C. The Morgan fingerprint density at radius 1 is 0.875 bits per heavy atom. The van der Waals surface area contributed by atoms with E-state index >= 15 is 0 Å². The number of hydrogen-bond acceptors (Lipinski definition) is 1. The van der Waals surface area contributed by atoms with E-state index in [0.29, 0.717) is 11.5 Å². The van der Waals surface area contributed by atoms with E-state index in [0.717, 1.165) is 44.9 Å². The minimum atomic E-state index is -1.43. The summed E-state index contributed by atoms with van der Waals surface area (Å²) in [6.45, 7) is 22.3. The highest BCUT2D eigenvalue weighted by molar-refractivity contribution is 6.84. The van der Waals surface area contributed by atoms with Gasteiger partial charge >= 0.3 is 0 Å². The largest absolute Gasteiger partial charge is 0.377 e. The lowest BCUT2D eigenvalue weighted by Crippen LogP contribution is -2.35. The molecule has 32 heavy (non-hydrogen) atoms. The number of unbranched alkanes of at least 4 members (excludes halogenated alkanes) is 4. The number of hydrogen-bond donors (Lipinski definition) is 1. The molecule has 0 heterocycles. The zero-order valence-corrected chi connectivity index (χ0v) is 23.0. The molecule has 1 N–H and O–H groups in total. The number of allylic oxidation sites excluding steroid dienone is 3. The second-order valence-electron chi connectivity index (χ2n) is 10.2. The van der Waals surface area contributed by atoms with Crippen LogP contribution in [0.15, 0.2) is 35.1 Å². The molecule has 2 heteroatoms. The molecule has 0 saturated heterocycles. The molecule has 0 bridgehead atoms. The highest BCUT2D eigenvalue weighted by Crippen LogP contribution is 2.38. The second-order valence-corrected chi connectivity index (χ2v) is 15.4. The second kappa shape index (κ2) is 15.8. The number of aliphatic hydroxyl groups is 1. The smallest absolute Gasteiger partial charge is 0.133 e. The molecule has 0 aliphatic carbocycles. The fourth-order valence-corrected chi connectivity index (χ4v) is 4.70. The van der Waals surface area contributed by atoms with Crippen molar-refractivity contribution in [2.75, 3.05) is 0 Å². The Morgan fingerprint density at radius 2 is 1.38 bits per heavy atom. The molecule has 0 radical (unpaired) electrons. The summed E-state index contributed by atoms with van der Waals surface area (Å²) < 4.78 is 0. The molecule has 0 fully saturated rings. The topological polar surface area (TPSA) is 20.2 Å². The standard InChI is InChI=1S/C30H46OSi/c1-10-28(31)23-21-19-17-15-13-11-12-14-16-18-20-22-24-29(26(2)3)27(4)25-32(8,9)30(5,6)7/h10,25,28,31H,1,11-12,14,16-17,19,22,24H2,2-9H3/b27-25+. The van der Waals surface area contributed by atoms with E-state index < -0.39 is 14.2 Å². The van der Waals surface area contributed by atoms with Gasteiger partial charge in [0.15, 0.2) is 0 Å². The van der Waals surface area contributed by atoms with Crippen LogP contribution in [0.25, 0.3) is 0 Å². The van der Waals surface area contributed by atoms with Gasteiger partial charge in [0.2, 0.25) is 0 Å². The van der Waals surface area contributed by atoms with Crippen molar-refractivity contribution in [2.24, 2.45) is 0 Å². The molecule has 0 amide bonds. The summed E-state index contributed by atoms with van der Waals surface area (Å²) in [6, 6.07) is 0. The zero-order valence-electron chi connectivity index (χ0n) is 22.0. The van der Waals surface area contributed by atoms with Crippen LogP contribution in [-0.4, -0.2) is 19.3 Å². The summed E-state index contributed by atoms with van der Waals surface area (Å²) in [5.74, 6) is 18.7. The minimum absolute atomic E-state index is 0.369. The highest BCUT2D eigenvalue weighted by atomic mass is 28.3. The van der Waals surface area contributed by atoms with Crippen LogP contribution < -0.4 is 0 Å². The Labute approximate surface area is 200 Å². The molecule has 0 aromatic carbocycles. The van der Waals surface area contributed by atoms with Crippen LogP contribution in [0.5, 0.6) is 0 Å². The average molecular weight is 451 g/mol. The van der Waals surface area contributed by atoms with Gasteiger partial charge in [-0.05, 0) is 50.6 Å². The molecule has 0 rings (SSSR count). The predicted molar refractivity (Wildman–Crippen MR) is 146 cm³/mol. The number of aliphatic hydroxyl groups excluding tert-OH is 1. The van der Waals surface area contributed by atoms with E-state index in [9.17, 15) is 5.11 Å². The Hall–Kier alpha value is -1.92. The molecule has 0 spiro atoms. The molecule has 1 nitrogen and oxygen atoms in total. The summed E-state index contributed by atoms with van der Waals surface area (Å²) in [5, 5.41) is 9.60. The first kappa shape index (κ1) is 30.1. The molecule has 176 valence electrons. The molecule has 0 aliphatic heterocycles. The van der Waals surface area contributed by atoms with E-state index in [1.807, 2.05) is 0 Å². The van der Waals surface area contributed by atoms with Crippen LogP contribution in [0.4, 0.5) is 0 Å².